The van der Waals surface area contributed by atoms with E-state index in [1.165, 1.54) is 0 Å². The Labute approximate surface area is 156 Å². The van der Waals surface area contributed by atoms with Crippen molar-refractivity contribution in [1.29, 1.82) is 0 Å². The quantitative estimate of drug-likeness (QED) is 0.360. The summed E-state index contributed by atoms with van der Waals surface area (Å²) >= 11 is 4.19. The third-order valence-corrected chi connectivity index (χ3v) is 3.85. The van der Waals surface area contributed by atoms with Crippen LogP contribution >= 0.6 is 45.2 Å². The summed E-state index contributed by atoms with van der Waals surface area (Å²) in [5.74, 6) is -0.154. The van der Waals surface area contributed by atoms with Gasteiger partial charge >= 0.3 is 0 Å². The third-order valence-electron chi connectivity index (χ3n) is 3.08. The molecule has 0 unspecified atom stereocenters. The third kappa shape index (κ3) is 4.42. The molecule has 2 rings (SSSR count). The first kappa shape index (κ1) is 17.2. The number of rotatable bonds is 5. The van der Waals surface area contributed by atoms with E-state index in [2.05, 4.69) is 55.8 Å². The number of carbonyl (C=O) groups is 2. The Morgan fingerprint density at radius 1 is 0.682 bits per heavy atom. The second-order valence-corrected chi connectivity index (χ2v) is 5.96. The smallest absolute Gasteiger partial charge is 0.251 e. The molecule has 2 aromatic rings. The van der Waals surface area contributed by atoms with E-state index in [-0.39, 0.29) is 11.8 Å². The van der Waals surface area contributed by atoms with Crippen LogP contribution in [0.4, 0.5) is 0 Å². The van der Waals surface area contributed by atoms with Gasteiger partial charge in [0.05, 0.1) is 9.10 Å². The van der Waals surface area contributed by atoms with E-state index in [0.717, 1.165) is 11.1 Å². The lowest BCUT2D eigenvalue weighted by atomic mass is 10.0. The zero-order valence-electron chi connectivity index (χ0n) is 11.6. The molecule has 0 atom stereocenters. The molecule has 0 fully saturated rings. The lowest BCUT2D eigenvalue weighted by Gasteiger charge is -2.06. The lowest BCUT2D eigenvalue weighted by Crippen LogP contribution is -2.21. The van der Waals surface area contributed by atoms with Crippen molar-refractivity contribution in [2.75, 3.05) is 9.10 Å². The highest BCUT2D eigenvalue weighted by atomic mass is 127. The van der Waals surface area contributed by atoms with Crippen molar-refractivity contribution in [1.82, 2.24) is 10.6 Å². The largest absolute Gasteiger partial charge is 0.343 e. The maximum Gasteiger partial charge on any atom is 0.251 e. The maximum absolute atomic E-state index is 11.7. The topological polar surface area (TPSA) is 58.2 Å². The van der Waals surface area contributed by atoms with Gasteiger partial charge in [0, 0.05) is 11.1 Å². The Balaban J connectivity index is 2.15. The number of amides is 2. The molecular weight excluding hydrogens is 506 g/mol. The van der Waals surface area contributed by atoms with Gasteiger partial charge < -0.3 is 10.6 Å². The predicted molar refractivity (Wildman–Crippen MR) is 105 cm³/mol. The molecule has 0 saturated heterocycles. The summed E-state index contributed by atoms with van der Waals surface area (Å²) < 4.78 is 1.16. The van der Waals surface area contributed by atoms with Crippen LogP contribution in [0.5, 0.6) is 0 Å². The predicted octanol–water partition coefficient (Wildman–Crippen LogP) is 3.60. The first-order valence-corrected chi connectivity index (χ1v) is 9.59. The fraction of sp³-hybridized carbons (Fsp3) is 0.125. The summed E-state index contributed by atoms with van der Waals surface area (Å²) in [7, 11) is 0. The highest BCUT2D eigenvalue weighted by Gasteiger charge is 2.06. The Hall–Kier alpha value is -1.16. The molecule has 2 aromatic carbocycles. The van der Waals surface area contributed by atoms with Gasteiger partial charge in [-0.1, -0.05) is 69.4 Å². The standard InChI is InChI=1S/C16H14I2N2O2/c17-9-19-15(21)13-5-1-11(2-6-13)12-3-7-14(8-4-12)16(22)20-10-18/h1-8H,9-10H2,(H,19,21)(H,20,22). The van der Waals surface area contributed by atoms with Gasteiger partial charge in [0.2, 0.25) is 0 Å². The van der Waals surface area contributed by atoms with Gasteiger partial charge in [-0.15, -0.1) is 0 Å². The molecule has 6 heteroatoms. The summed E-state index contributed by atoms with van der Waals surface area (Å²) in [4.78, 5) is 23.4. The summed E-state index contributed by atoms with van der Waals surface area (Å²) in [5.41, 5.74) is 3.29. The second kappa shape index (κ2) is 8.47. The zero-order chi connectivity index (χ0) is 15.9. The fourth-order valence-corrected chi connectivity index (χ4v) is 2.65. The molecule has 0 spiro atoms. The maximum atomic E-state index is 11.7. The van der Waals surface area contributed by atoms with E-state index < -0.39 is 0 Å². The van der Waals surface area contributed by atoms with Crippen LogP contribution in [0, 0.1) is 0 Å². The molecular formula is C16H14I2N2O2. The minimum atomic E-state index is -0.0771. The molecule has 0 aliphatic rings. The minimum Gasteiger partial charge on any atom is -0.343 e. The summed E-state index contributed by atoms with van der Waals surface area (Å²) in [6.45, 7) is 0. The highest BCUT2D eigenvalue weighted by Crippen LogP contribution is 2.20. The van der Waals surface area contributed by atoms with Crippen molar-refractivity contribution in [3.63, 3.8) is 0 Å². The van der Waals surface area contributed by atoms with Crippen LogP contribution in [0.15, 0.2) is 48.5 Å². The van der Waals surface area contributed by atoms with Crippen LogP contribution < -0.4 is 10.6 Å². The normalized spacial score (nSPS) is 10.1. The van der Waals surface area contributed by atoms with Crippen LogP contribution in [-0.2, 0) is 0 Å². The highest BCUT2D eigenvalue weighted by molar-refractivity contribution is 14.1. The number of hydrogen-bond donors (Lipinski definition) is 2. The van der Waals surface area contributed by atoms with Gasteiger partial charge in [-0.05, 0) is 35.4 Å². The van der Waals surface area contributed by atoms with Crippen molar-refractivity contribution in [2.24, 2.45) is 0 Å². The van der Waals surface area contributed by atoms with Crippen molar-refractivity contribution < 1.29 is 9.59 Å². The van der Waals surface area contributed by atoms with E-state index in [1.807, 2.05) is 24.3 Å². The van der Waals surface area contributed by atoms with Crippen LogP contribution in [0.1, 0.15) is 20.7 Å². The summed E-state index contributed by atoms with van der Waals surface area (Å²) in [6, 6.07) is 14.8. The van der Waals surface area contributed by atoms with Crippen molar-refractivity contribution in [3.05, 3.63) is 59.7 Å². The van der Waals surface area contributed by atoms with Crippen LogP contribution in [0.25, 0.3) is 11.1 Å². The van der Waals surface area contributed by atoms with Crippen molar-refractivity contribution in [2.45, 2.75) is 0 Å². The Kier molecular flexibility index (Phi) is 6.62. The van der Waals surface area contributed by atoms with E-state index in [9.17, 15) is 9.59 Å². The van der Waals surface area contributed by atoms with Crippen LogP contribution in [0.3, 0.4) is 0 Å². The summed E-state index contributed by atoms with van der Waals surface area (Å²) in [6.07, 6.45) is 0. The Morgan fingerprint density at radius 2 is 1.00 bits per heavy atom. The molecule has 4 nitrogen and oxygen atoms in total. The number of nitrogens with one attached hydrogen (secondary N) is 2. The molecule has 0 saturated carbocycles. The molecule has 0 aromatic heterocycles. The summed E-state index contributed by atoms with van der Waals surface area (Å²) in [5, 5.41) is 5.51. The van der Waals surface area contributed by atoms with Gasteiger partial charge in [-0.2, -0.15) is 0 Å². The average molecular weight is 520 g/mol. The Bertz CT molecular complexity index is 595. The fourth-order valence-electron chi connectivity index (χ4n) is 1.95. The molecule has 114 valence electrons. The Morgan fingerprint density at radius 3 is 1.27 bits per heavy atom. The van der Waals surface area contributed by atoms with Crippen LogP contribution in [-0.4, -0.2) is 20.9 Å². The number of halogens is 2. The minimum absolute atomic E-state index is 0.0771. The average Bonchev–Trinajstić information content (AvgIpc) is 2.55. The molecule has 0 aliphatic heterocycles. The van der Waals surface area contributed by atoms with Gasteiger partial charge in [-0.25, -0.2) is 0 Å². The number of hydrogen-bond acceptors (Lipinski definition) is 2. The first-order chi connectivity index (χ1) is 10.7. The van der Waals surface area contributed by atoms with E-state index >= 15 is 0 Å². The molecule has 0 bridgehead atoms. The molecule has 0 aliphatic carbocycles. The molecule has 22 heavy (non-hydrogen) atoms. The SMILES string of the molecule is O=C(NCI)c1ccc(-c2ccc(C(=O)NCI)cc2)cc1. The molecule has 2 N–H and O–H groups in total. The molecule has 0 heterocycles. The molecule has 2 amide bonds. The number of alkyl halides is 2. The van der Waals surface area contributed by atoms with Gasteiger partial charge in [-0.3, -0.25) is 9.59 Å². The van der Waals surface area contributed by atoms with E-state index in [4.69, 9.17) is 0 Å². The van der Waals surface area contributed by atoms with Gasteiger partial charge in [0.1, 0.15) is 0 Å². The number of carbonyl (C=O) groups excluding carboxylic acids is 2. The first-order valence-electron chi connectivity index (χ1n) is 6.54. The monoisotopic (exact) mass is 520 g/mol. The number of benzene rings is 2. The van der Waals surface area contributed by atoms with E-state index in [0.29, 0.717) is 20.2 Å². The van der Waals surface area contributed by atoms with Gasteiger partial charge in [0.15, 0.2) is 0 Å². The van der Waals surface area contributed by atoms with Gasteiger partial charge in [0.25, 0.3) is 11.8 Å². The van der Waals surface area contributed by atoms with Crippen molar-refractivity contribution >= 4 is 57.0 Å². The van der Waals surface area contributed by atoms with E-state index in [1.54, 1.807) is 24.3 Å². The lowest BCUT2D eigenvalue weighted by molar-refractivity contribution is 0.0954. The van der Waals surface area contributed by atoms with Crippen LogP contribution in [0.2, 0.25) is 0 Å². The zero-order valence-corrected chi connectivity index (χ0v) is 15.9. The van der Waals surface area contributed by atoms with Crippen molar-refractivity contribution in [3.8, 4) is 11.1 Å². The second-order valence-electron chi connectivity index (χ2n) is 4.43. The molecule has 0 radical (unpaired) electrons.